The minimum atomic E-state index is -4.22. The van der Waals surface area contributed by atoms with E-state index in [9.17, 15) is 13.2 Å². The van der Waals surface area contributed by atoms with Crippen molar-refractivity contribution in [1.29, 1.82) is 0 Å². The summed E-state index contributed by atoms with van der Waals surface area (Å²) >= 11 is 1.98. The average Bonchev–Trinajstić information content (AvgIpc) is 2.78. The van der Waals surface area contributed by atoms with Crippen LogP contribution in [0.5, 0.6) is 0 Å². The first kappa shape index (κ1) is 17.8. The lowest BCUT2D eigenvalue weighted by Crippen LogP contribution is -2.43. The van der Waals surface area contributed by atoms with Crippen molar-refractivity contribution in [2.24, 2.45) is 5.92 Å². The second kappa shape index (κ2) is 6.74. The number of piperidine rings is 1. The number of hydrogen-bond donors (Lipinski definition) is 1. The molecule has 1 saturated heterocycles. The van der Waals surface area contributed by atoms with Gasteiger partial charge in [0.2, 0.25) is 0 Å². The number of hydrogen-bond acceptors (Lipinski definition) is 2. The summed E-state index contributed by atoms with van der Waals surface area (Å²) in [6.07, 6.45) is -3.19. The van der Waals surface area contributed by atoms with E-state index in [1.54, 1.807) is 6.07 Å². The van der Waals surface area contributed by atoms with Crippen molar-refractivity contribution in [3.63, 3.8) is 0 Å². The molecular formula is C17H21F3IN3. The number of likely N-dealkylation sites (tertiary alicyclic amines) is 1. The predicted octanol–water partition coefficient (Wildman–Crippen LogP) is 4.56. The number of anilines is 1. The summed E-state index contributed by atoms with van der Waals surface area (Å²) in [5.74, 6) is 0.496. The van der Waals surface area contributed by atoms with Gasteiger partial charge in [0, 0.05) is 23.7 Å². The van der Waals surface area contributed by atoms with Gasteiger partial charge in [-0.15, -0.1) is 0 Å². The Balaban J connectivity index is 1.91. The van der Waals surface area contributed by atoms with E-state index in [4.69, 9.17) is 0 Å². The standard InChI is InChI=1S/C17H21F3IN3/c1-11-9-23(2)7-6-13(11)22-14-4-3-5-15-12(14)8-16(21)24(15)10-17(18,19)20/h3-5,8,11,13,22H,6-7,9-10H2,1-2H3/t11-,13-/m0/s1. The van der Waals surface area contributed by atoms with Crippen LogP contribution in [0.25, 0.3) is 10.9 Å². The molecule has 3 rings (SSSR count). The average molecular weight is 451 g/mol. The molecule has 0 bridgehead atoms. The van der Waals surface area contributed by atoms with E-state index in [-0.39, 0.29) is 0 Å². The fourth-order valence-corrected chi connectivity index (χ4v) is 4.23. The number of aromatic nitrogens is 1. The minimum Gasteiger partial charge on any atom is -0.381 e. The molecule has 0 saturated carbocycles. The Morgan fingerprint density at radius 2 is 2.08 bits per heavy atom. The Kier molecular flexibility index (Phi) is 5.01. The van der Waals surface area contributed by atoms with Crippen LogP contribution in [0.1, 0.15) is 13.3 Å². The highest BCUT2D eigenvalue weighted by atomic mass is 127. The number of fused-ring (bicyclic) bond motifs is 1. The van der Waals surface area contributed by atoms with Crippen molar-refractivity contribution in [1.82, 2.24) is 9.47 Å². The normalized spacial score (nSPS) is 22.9. The van der Waals surface area contributed by atoms with Gasteiger partial charge in [-0.05, 0) is 66.7 Å². The van der Waals surface area contributed by atoms with Crippen LogP contribution in [0.2, 0.25) is 0 Å². The van der Waals surface area contributed by atoms with Gasteiger partial charge in [0.15, 0.2) is 0 Å². The van der Waals surface area contributed by atoms with Crippen LogP contribution in [0.4, 0.5) is 18.9 Å². The second-order valence-corrected chi connectivity index (χ2v) is 7.79. The fraction of sp³-hybridized carbons (Fsp3) is 0.529. The third kappa shape index (κ3) is 3.82. The topological polar surface area (TPSA) is 20.2 Å². The number of alkyl halides is 3. The summed E-state index contributed by atoms with van der Waals surface area (Å²) in [5, 5.41) is 4.43. The number of rotatable bonds is 3. The van der Waals surface area contributed by atoms with Gasteiger partial charge in [0.1, 0.15) is 6.54 Å². The summed E-state index contributed by atoms with van der Waals surface area (Å²) < 4.78 is 40.5. The molecule has 0 spiro atoms. The summed E-state index contributed by atoms with van der Waals surface area (Å²) in [6, 6.07) is 7.72. The zero-order chi connectivity index (χ0) is 17.5. The zero-order valence-corrected chi connectivity index (χ0v) is 15.9. The second-order valence-electron chi connectivity index (χ2n) is 6.69. The summed E-state index contributed by atoms with van der Waals surface area (Å²) in [7, 11) is 2.12. The maximum atomic E-state index is 12.8. The molecule has 1 N–H and O–H groups in total. The van der Waals surface area contributed by atoms with Gasteiger partial charge in [-0.1, -0.05) is 13.0 Å². The van der Waals surface area contributed by atoms with E-state index in [1.807, 2.05) is 40.8 Å². The molecule has 1 fully saturated rings. The number of halogens is 4. The molecule has 1 aromatic carbocycles. The SMILES string of the molecule is C[C@H]1CN(C)CC[C@@H]1Nc1cccc2c1cc(I)n2CC(F)(F)F. The predicted molar refractivity (Wildman–Crippen MR) is 99.4 cm³/mol. The van der Waals surface area contributed by atoms with Crippen molar-refractivity contribution in [2.45, 2.75) is 32.1 Å². The molecule has 7 heteroatoms. The number of benzene rings is 1. The maximum absolute atomic E-state index is 12.8. The minimum absolute atomic E-state index is 0.343. The lowest BCUT2D eigenvalue weighted by atomic mass is 9.94. The Morgan fingerprint density at radius 1 is 1.33 bits per heavy atom. The van der Waals surface area contributed by atoms with Crippen molar-refractivity contribution >= 4 is 39.2 Å². The van der Waals surface area contributed by atoms with Crippen LogP contribution >= 0.6 is 22.6 Å². The van der Waals surface area contributed by atoms with Crippen LogP contribution in [-0.4, -0.2) is 41.8 Å². The first-order chi connectivity index (χ1) is 11.2. The first-order valence-corrected chi connectivity index (χ1v) is 9.12. The van der Waals surface area contributed by atoms with Crippen molar-refractivity contribution in [3.8, 4) is 0 Å². The largest absolute Gasteiger partial charge is 0.406 e. The van der Waals surface area contributed by atoms with E-state index >= 15 is 0 Å². The van der Waals surface area contributed by atoms with E-state index < -0.39 is 12.7 Å². The third-order valence-corrected chi connectivity index (χ3v) is 5.58. The molecule has 24 heavy (non-hydrogen) atoms. The zero-order valence-electron chi connectivity index (χ0n) is 13.7. The molecule has 3 nitrogen and oxygen atoms in total. The van der Waals surface area contributed by atoms with Crippen LogP contribution in [0.3, 0.4) is 0 Å². The van der Waals surface area contributed by atoms with Crippen LogP contribution < -0.4 is 5.32 Å². The Labute approximate surface area is 153 Å². The van der Waals surface area contributed by atoms with Gasteiger partial charge < -0.3 is 14.8 Å². The van der Waals surface area contributed by atoms with E-state index in [0.29, 0.717) is 21.2 Å². The molecule has 0 amide bonds. The van der Waals surface area contributed by atoms with E-state index in [1.165, 1.54) is 4.57 Å². The fourth-order valence-electron chi connectivity index (χ4n) is 3.49. The molecule has 2 atom stereocenters. The molecule has 0 aliphatic carbocycles. The Morgan fingerprint density at radius 3 is 2.75 bits per heavy atom. The quantitative estimate of drug-likeness (QED) is 0.691. The summed E-state index contributed by atoms with van der Waals surface area (Å²) in [4.78, 5) is 2.31. The lowest BCUT2D eigenvalue weighted by molar-refractivity contribution is -0.140. The van der Waals surface area contributed by atoms with Crippen molar-refractivity contribution in [2.75, 3.05) is 25.5 Å². The van der Waals surface area contributed by atoms with E-state index in [0.717, 1.165) is 30.6 Å². The molecule has 2 heterocycles. The highest BCUT2D eigenvalue weighted by Gasteiger charge is 2.30. The van der Waals surface area contributed by atoms with Gasteiger partial charge in [-0.25, -0.2) is 0 Å². The maximum Gasteiger partial charge on any atom is 0.406 e. The molecule has 2 aromatic rings. The number of nitrogens with zero attached hydrogens (tertiary/aromatic N) is 2. The van der Waals surface area contributed by atoms with Crippen molar-refractivity contribution in [3.05, 3.63) is 28.0 Å². The van der Waals surface area contributed by atoms with Gasteiger partial charge >= 0.3 is 6.18 Å². The van der Waals surface area contributed by atoms with Gasteiger partial charge in [-0.2, -0.15) is 13.2 Å². The highest BCUT2D eigenvalue weighted by Crippen LogP contribution is 2.32. The van der Waals surface area contributed by atoms with Gasteiger partial charge in [0.05, 0.1) is 9.22 Å². The van der Waals surface area contributed by atoms with Crippen LogP contribution in [-0.2, 0) is 6.54 Å². The van der Waals surface area contributed by atoms with Crippen LogP contribution in [0.15, 0.2) is 24.3 Å². The molecule has 1 aliphatic heterocycles. The molecule has 1 aliphatic rings. The summed E-state index contributed by atoms with van der Waals surface area (Å²) in [6.45, 7) is 3.32. The third-order valence-electron chi connectivity index (χ3n) is 4.68. The van der Waals surface area contributed by atoms with E-state index in [2.05, 4.69) is 24.2 Å². The Hall–Kier alpha value is -0.960. The molecule has 0 radical (unpaired) electrons. The highest BCUT2D eigenvalue weighted by molar-refractivity contribution is 14.1. The number of nitrogens with one attached hydrogen (secondary N) is 1. The molecule has 132 valence electrons. The summed E-state index contributed by atoms with van der Waals surface area (Å²) in [5.41, 5.74) is 1.55. The lowest BCUT2D eigenvalue weighted by Gasteiger charge is -2.36. The van der Waals surface area contributed by atoms with Gasteiger partial charge in [0.25, 0.3) is 0 Å². The Bertz CT molecular complexity index is 726. The molecular weight excluding hydrogens is 430 g/mol. The van der Waals surface area contributed by atoms with Crippen molar-refractivity contribution < 1.29 is 13.2 Å². The molecule has 1 aromatic heterocycles. The van der Waals surface area contributed by atoms with Crippen LogP contribution in [0, 0.1) is 9.62 Å². The molecule has 0 unspecified atom stereocenters. The first-order valence-electron chi connectivity index (χ1n) is 8.04. The monoisotopic (exact) mass is 451 g/mol. The van der Waals surface area contributed by atoms with Gasteiger partial charge in [-0.3, -0.25) is 0 Å². The smallest absolute Gasteiger partial charge is 0.381 e.